The minimum absolute atomic E-state index is 0.0476. The van der Waals surface area contributed by atoms with Gasteiger partial charge in [-0.15, -0.1) is 0 Å². The number of methoxy groups -OCH3 is 1. The SMILES string of the molecule is COCCCC(N)C(=O)N(C)CC1CCCN1C. The predicted molar refractivity (Wildman–Crippen MR) is 72.4 cm³/mol. The highest BCUT2D eigenvalue weighted by molar-refractivity contribution is 5.81. The lowest BCUT2D eigenvalue weighted by molar-refractivity contribution is -0.132. The third-order valence-corrected chi connectivity index (χ3v) is 3.71. The van der Waals surface area contributed by atoms with Gasteiger partial charge in [0.05, 0.1) is 6.04 Å². The lowest BCUT2D eigenvalue weighted by atomic mass is 10.1. The van der Waals surface area contributed by atoms with Crippen molar-refractivity contribution in [3.63, 3.8) is 0 Å². The summed E-state index contributed by atoms with van der Waals surface area (Å²) in [6.45, 7) is 2.58. The highest BCUT2D eigenvalue weighted by Crippen LogP contribution is 2.15. The van der Waals surface area contributed by atoms with Crippen molar-refractivity contribution in [1.82, 2.24) is 9.80 Å². The third-order valence-electron chi connectivity index (χ3n) is 3.71. The fourth-order valence-corrected chi connectivity index (χ4v) is 2.47. The Kier molecular flexibility index (Phi) is 6.60. The Morgan fingerprint density at radius 1 is 1.61 bits per heavy atom. The average Bonchev–Trinajstić information content (AvgIpc) is 2.74. The Morgan fingerprint density at radius 2 is 2.33 bits per heavy atom. The summed E-state index contributed by atoms with van der Waals surface area (Å²) in [5.41, 5.74) is 5.91. The van der Waals surface area contributed by atoms with Crippen LogP contribution in [0.15, 0.2) is 0 Å². The molecule has 2 N–H and O–H groups in total. The van der Waals surface area contributed by atoms with E-state index in [-0.39, 0.29) is 5.91 Å². The predicted octanol–water partition coefficient (Wildman–Crippen LogP) is 0.293. The molecular weight excluding hydrogens is 230 g/mol. The molecule has 1 saturated heterocycles. The number of ether oxygens (including phenoxy) is 1. The lowest BCUT2D eigenvalue weighted by Crippen LogP contribution is -2.46. The average molecular weight is 257 g/mol. The molecule has 2 atom stereocenters. The van der Waals surface area contributed by atoms with E-state index in [9.17, 15) is 4.79 Å². The molecule has 1 amide bonds. The number of hydrogen-bond donors (Lipinski definition) is 1. The zero-order chi connectivity index (χ0) is 13.5. The fourth-order valence-electron chi connectivity index (χ4n) is 2.47. The van der Waals surface area contributed by atoms with E-state index in [4.69, 9.17) is 10.5 Å². The normalized spacial score (nSPS) is 22.1. The first-order valence-corrected chi connectivity index (χ1v) is 6.76. The van der Waals surface area contributed by atoms with Gasteiger partial charge in [0.15, 0.2) is 0 Å². The molecule has 1 heterocycles. The van der Waals surface area contributed by atoms with Crippen molar-refractivity contribution in [3.05, 3.63) is 0 Å². The molecule has 1 rings (SSSR count). The Balaban J connectivity index is 2.31. The number of nitrogens with two attached hydrogens (primary N) is 1. The van der Waals surface area contributed by atoms with Crippen LogP contribution in [0.4, 0.5) is 0 Å². The van der Waals surface area contributed by atoms with E-state index >= 15 is 0 Å². The van der Waals surface area contributed by atoms with Gasteiger partial charge in [-0.3, -0.25) is 4.79 Å². The van der Waals surface area contributed by atoms with Gasteiger partial charge < -0.3 is 20.3 Å². The summed E-state index contributed by atoms with van der Waals surface area (Å²) in [6.07, 6.45) is 3.92. The largest absolute Gasteiger partial charge is 0.385 e. The van der Waals surface area contributed by atoms with Crippen LogP contribution in [0, 0.1) is 0 Å². The topological polar surface area (TPSA) is 58.8 Å². The molecule has 1 fully saturated rings. The summed E-state index contributed by atoms with van der Waals surface area (Å²) >= 11 is 0. The van der Waals surface area contributed by atoms with Crippen molar-refractivity contribution in [3.8, 4) is 0 Å². The number of likely N-dealkylation sites (N-methyl/N-ethyl adjacent to an activating group) is 2. The van der Waals surface area contributed by atoms with Crippen LogP contribution in [0.3, 0.4) is 0 Å². The van der Waals surface area contributed by atoms with Crippen molar-refractivity contribution in [2.45, 2.75) is 37.8 Å². The monoisotopic (exact) mass is 257 g/mol. The molecule has 0 bridgehead atoms. The second kappa shape index (κ2) is 7.71. The molecule has 0 radical (unpaired) electrons. The van der Waals surface area contributed by atoms with Crippen LogP contribution in [0.5, 0.6) is 0 Å². The van der Waals surface area contributed by atoms with Gasteiger partial charge >= 0.3 is 0 Å². The first-order chi connectivity index (χ1) is 8.56. The molecule has 5 heteroatoms. The summed E-state index contributed by atoms with van der Waals surface area (Å²) < 4.78 is 4.97. The summed E-state index contributed by atoms with van der Waals surface area (Å²) in [7, 11) is 5.63. The molecule has 0 aromatic rings. The second-order valence-corrected chi connectivity index (χ2v) is 5.24. The lowest BCUT2D eigenvalue weighted by Gasteiger charge is -2.27. The number of likely N-dealkylation sites (tertiary alicyclic amines) is 1. The zero-order valence-corrected chi connectivity index (χ0v) is 11.9. The van der Waals surface area contributed by atoms with Crippen molar-refractivity contribution in [1.29, 1.82) is 0 Å². The molecule has 0 aromatic heterocycles. The van der Waals surface area contributed by atoms with Crippen LogP contribution in [-0.4, -0.2) is 68.7 Å². The highest BCUT2D eigenvalue weighted by Gasteiger charge is 2.25. The standard InChI is InChI=1S/C13H27N3O2/c1-15-8-4-6-11(15)10-16(2)13(17)12(14)7-5-9-18-3/h11-12H,4-10,14H2,1-3H3. The Bertz CT molecular complexity index is 261. The van der Waals surface area contributed by atoms with E-state index in [1.165, 1.54) is 12.8 Å². The first kappa shape index (κ1) is 15.4. The number of nitrogens with zero attached hydrogens (tertiary/aromatic N) is 2. The van der Waals surface area contributed by atoms with Gasteiger partial charge in [0, 0.05) is 33.4 Å². The minimum atomic E-state index is -0.392. The zero-order valence-electron chi connectivity index (χ0n) is 11.9. The Hall–Kier alpha value is -0.650. The minimum Gasteiger partial charge on any atom is -0.385 e. The van der Waals surface area contributed by atoms with E-state index < -0.39 is 6.04 Å². The van der Waals surface area contributed by atoms with Gasteiger partial charge in [-0.25, -0.2) is 0 Å². The van der Waals surface area contributed by atoms with E-state index in [0.29, 0.717) is 19.1 Å². The van der Waals surface area contributed by atoms with Crippen LogP contribution in [0.1, 0.15) is 25.7 Å². The molecule has 1 aliphatic rings. The molecule has 0 aliphatic carbocycles. The molecule has 0 saturated carbocycles. The van der Waals surface area contributed by atoms with Crippen LogP contribution < -0.4 is 5.73 Å². The number of hydrogen-bond acceptors (Lipinski definition) is 4. The van der Waals surface area contributed by atoms with Gasteiger partial charge in [-0.1, -0.05) is 0 Å². The van der Waals surface area contributed by atoms with Gasteiger partial charge in [0.1, 0.15) is 0 Å². The molecule has 1 aliphatic heterocycles. The van der Waals surface area contributed by atoms with E-state index in [0.717, 1.165) is 19.5 Å². The van der Waals surface area contributed by atoms with Crippen molar-refractivity contribution < 1.29 is 9.53 Å². The maximum Gasteiger partial charge on any atom is 0.239 e. The third kappa shape index (κ3) is 4.55. The molecule has 106 valence electrons. The van der Waals surface area contributed by atoms with Gasteiger partial charge in [0.25, 0.3) is 0 Å². The number of carbonyl (C=O) groups is 1. The maximum absolute atomic E-state index is 12.1. The molecule has 0 spiro atoms. The van der Waals surface area contributed by atoms with Crippen molar-refractivity contribution in [2.75, 3.05) is 40.9 Å². The Morgan fingerprint density at radius 3 is 2.89 bits per heavy atom. The summed E-state index contributed by atoms with van der Waals surface area (Å²) in [5, 5.41) is 0. The number of rotatable bonds is 7. The van der Waals surface area contributed by atoms with Gasteiger partial charge in [-0.05, 0) is 39.3 Å². The smallest absolute Gasteiger partial charge is 0.239 e. The second-order valence-electron chi connectivity index (χ2n) is 5.24. The molecule has 0 aromatic carbocycles. The van der Waals surface area contributed by atoms with E-state index in [2.05, 4.69) is 11.9 Å². The summed E-state index contributed by atoms with van der Waals surface area (Å²) in [4.78, 5) is 16.2. The fraction of sp³-hybridized carbons (Fsp3) is 0.923. The first-order valence-electron chi connectivity index (χ1n) is 6.76. The van der Waals surface area contributed by atoms with Crippen molar-refractivity contribution in [2.24, 2.45) is 5.73 Å². The number of amides is 1. The van der Waals surface area contributed by atoms with Crippen LogP contribution >= 0.6 is 0 Å². The van der Waals surface area contributed by atoms with Crippen LogP contribution in [0.25, 0.3) is 0 Å². The summed E-state index contributed by atoms with van der Waals surface area (Å²) in [5.74, 6) is 0.0476. The number of carbonyl (C=O) groups excluding carboxylic acids is 1. The molecule has 5 nitrogen and oxygen atoms in total. The maximum atomic E-state index is 12.1. The quantitative estimate of drug-likeness (QED) is 0.666. The molecular formula is C13H27N3O2. The van der Waals surface area contributed by atoms with Crippen molar-refractivity contribution >= 4 is 5.91 Å². The Labute approximate surface area is 110 Å². The summed E-state index contributed by atoms with van der Waals surface area (Å²) in [6, 6.07) is 0.0991. The highest BCUT2D eigenvalue weighted by atomic mass is 16.5. The van der Waals surface area contributed by atoms with Gasteiger partial charge in [0.2, 0.25) is 5.91 Å². The van der Waals surface area contributed by atoms with Crippen LogP contribution in [0.2, 0.25) is 0 Å². The van der Waals surface area contributed by atoms with Gasteiger partial charge in [-0.2, -0.15) is 0 Å². The van der Waals surface area contributed by atoms with E-state index in [1.54, 1.807) is 12.0 Å². The van der Waals surface area contributed by atoms with Crippen LogP contribution in [-0.2, 0) is 9.53 Å². The molecule has 18 heavy (non-hydrogen) atoms. The van der Waals surface area contributed by atoms with E-state index in [1.807, 2.05) is 7.05 Å². The molecule has 2 unspecified atom stereocenters.